The number of carbonyl (C=O) groups is 1. The van der Waals surface area contributed by atoms with Crippen molar-refractivity contribution in [3.63, 3.8) is 0 Å². The zero-order valence-corrected chi connectivity index (χ0v) is 16.0. The van der Waals surface area contributed by atoms with Crippen LogP contribution in [0.25, 0.3) is 0 Å². The lowest BCUT2D eigenvalue weighted by molar-refractivity contribution is -1.91. The Bertz CT molecular complexity index is 788. The lowest BCUT2D eigenvalue weighted by atomic mass is 10.00. The lowest BCUT2D eigenvalue weighted by Crippen LogP contribution is -2.61. The Balaban J connectivity index is 2.56. The fraction of sp³-hybridized carbons (Fsp3) is 0.235. The second-order valence-electron chi connectivity index (χ2n) is 5.87. The molecule has 0 aliphatic rings. The number of benzene rings is 2. The first-order valence-corrected chi connectivity index (χ1v) is 11.0. The van der Waals surface area contributed by atoms with E-state index in [9.17, 15) is 18.8 Å². The van der Waals surface area contributed by atoms with E-state index < -0.39 is 26.7 Å². The van der Waals surface area contributed by atoms with E-state index in [0.29, 0.717) is 22.4 Å². The molecule has 0 atom stereocenters. The maximum atomic E-state index is 11.1. The molecular weight excluding hydrogens is 384 g/mol. The van der Waals surface area contributed by atoms with Gasteiger partial charge in [0, 0.05) is 27.7 Å². The SMILES string of the molecule is Cc1c(OC(=O)O)ccc(S(C)(C)O[Cl+3]([O-])([O-])[O-])c1Cc1ccccc1. The minimum atomic E-state index is -4.61. The highest BCUT2D eigenvalue weighted by Crippen LogP contribution is 2.54. The van der Waals surface area contributed by atoms with Gasteiger partial charge in [-0.2, -0.15) is 14.0 Å². The molecule has 0 aliphatic heterocycles. The summed E-state index contributed by atoms with van der Waals surface area (Å²) >= 11 is 0. The summed E-state index contributed by atoms with van der Waals surface area (Å²) in [5, 5.41) is 8.89. The first kappa shape index (κ1) is 20.5. The third-order valence-electron chi connectivity index (χ3n) is 3.69. The maximum Gasteiger partial charge on any atom is 0.511 e. The van der Waals surface area contributed by atoms with Gasteiger partial charge in [-0.05, 0) is 42.2 Å². The molecule has 0 bridgehead atoms. The molecule has 0 saturated heterocycles. The van der Waals surface area contributed by atoms with Crippen molar-refractivity contribution in [3.05, 3.63) is 59.2 Å². The highest BCUT2D eigenvalue weighted by atomic mass is 35.7. The van der Waals surface area contributed by atoms with Crippen LogP contribution in [0.1, 0.15) is 16.7 Å². The first-order chi connectivity index (χ1) is 12.0. The molecule has 0 unspecified atom stereocenters. The average Bonchev–Trinajstić information content (AvgIpc) is 2.49. The number of rotatable bonds is 6. The summed E-state index contributed by atoms with van der Waals surface area (Å²) in [5.41, 5.74) is 2.13. The van der Waals surface area contributed by atoms with Crippen molar-refractivity contribution in [2.75, 3.05) is 12.5 Å². The second-order valence-corrected chi connectivity index (χ2v) is 10.0. The van der Waals surface area contributed by atoms with Crippen LogP contribution in [-0.2, 0) is 10.2 Å². The molecule has 1 N–H and O–H groups in total. The molecule has 0 aliphatic carbocycles. The molecule has 9 heteroatoms. The minimum Gasteiger partial charge on any atom is -0.449 e. The summed E-state index contributed by atoms with van der Waals surface area (Å²) in [5.74, 6) is 0.143. The van der Waals surface area contributed by atoms with Gasteiger partial charge < -0.3 is 9.84 Å². The van der Waals surface area contributed by atoms with Gasteiger partial charge in [-0.15, -0.1) is 0 Å². The number of ether oxygens (including phenoxy) is 1. The van der Waals surface area contributed by atoms with Crippen molar-refractivity contribution in [1.29, 1.82) is 0 Å². The monoisotopic (exact) mass is 402 g/mol. The van der Waals surface area contributed by atoms with Gasteiger partial charge >= 0.3 is 6.16 Å². The summed E-state index contributed by atoms with van der Waals surface area (Å²) in [6.07, 6.45) is 2.02. The quantitative estimate of drug-likeness (QED) is 0.561. The fourth-order valence-corrected chi connectivity index (χ4v) is 5.65. The normalized spacial score (nSPS) is 12.7. The Kier molecular flexibility index (Phi) is 6.17. The predicted octanol–water partition coefficient (Wildman–Crippen LogP) is 0.895. The average molecular weight is 403 g/mol. The molecule has 2 aromatic carbocycles. The summed E-state index contributed by atoms with van der Waals surface area (Å²) in [7, 11) is -7.06. The largest absolute Gasteiger partial charge is 0.511 e. The van der Waals surface area contributed by atoms with Crippen LogP contribution < -0.4 is 18.7 Å². The van der Waals surface area contributed by atoms with Gasteiger partial charge in [0.1, 0.15) is 9.49 Å². The molecule has 0 amide bonds. The summed E-state index contributed by atoms with van der Waals surface area (Å²) in [4.78, 5) is 11.4. The van der Waals surface area contributed by atoms with Crippen LogP contribution in [0.3, 0.4) is 0 Å². The molecule has 0 heterocycles. The van der Waals surface area contributed by atoms with Crippen LogP contribution in [0.5, 0.6) is 5.75 Å². The van der Waals surface area contributed by atoms with Crippen molar-refractivity contribution < 1.29 is 42.6 Å². The molecule has 0 aromatic heterocycles. The van der Waals surface area contributed by atoms with E-state index in [-0.39, 0.29) is 5.75 Å². The zero-order chi connectivity index (χ0) is 19.5. The van der Waals surface area contributed by atoms with Crippen LogP contribution in [0, 0.1) is 17.2 Å². The summed E-state index contributed by atoms with van der Waals surface area (Å²) < 4.78 is 42.9. The zero-order valence-electron chi connectivity index (χ0n) is 14.4. The van der Waals surface area contributed by atoms with Crippen LogP contribution >= 0.6 is 10.3 Å². The molecule has 0 spiro atoms. The Hall–Kier alpha value is -1.81. The maximum absolute atomic E-state index is 11.1. The van der Waals surface area contributed by atoms with Crippen LogP contribution in [0.15, 0.2) is 47.4 Å². The molecule has 142 valence electrons. The topological polar surface area (TPSA) is 125 Å². The Morgan fingerprint density at radius 3 is 2.27 bits per heavy atom. The van der Waals surface area contributed by atoms with Gasteiger partial charge in [-0.1, -0.05) is 30.3 Å². The van der Waals surface area contributed by atoms with E-state index in [1.165, 1.54) is 18.6 Å². The number of hydrogen-bond donors (Lipinski definition) is 1. The molecule has 0 saturated carbocycles. The predicted molar refractivity (Wildman–Crippen MR) is 87.9 cm³/mol. The van der Waals surface area contributed by atoms with E-state index in [2.05, 4.69) is 0 Å². The fourth-order valence-electron chi connectivity index (χ4n) is 2.62. The van der Waals surface area contributed by atoms with Gasteiger partial charge in [0.2, 0.25) is 0 Å². The third kappa shape index (κ3) is 5.34. The second kappa shape index (κ2) is 7.83. The first-order valence-electron chi connectivity index (χ1n) is 7.42. The van der Waals surface area contributed by atoms with Crippen molar-refractivity contribution >= 4 is 16.5 Å². The van der Waals surface area contributed by atoms with Gasteiger partial charge in [-0.25, -0.2) is 4.79 Å². The van der Waals surface area contributed by atoms with E-state index in [1.807, 2.05) is 30.3 Å². The van der Waals surface area contributed by atoms with Crippen LogP contribution in [0.2, 0.25) is 0 Å². The third-order valence-corrected chi connectivity index (χ3v) is 7.01. The van der Waals surface area contributed by atoms with Gasteiger partial charge in [0.25, 0.3) is 0 Å². The number of hydrogen-bond acceptors (Lipinski definition) is 6. The minimum absolute atomic E-state index is 0.143. The van der Waals surface area contributed by atoms with Crippen molar-refractivity contribution in [2.45, 2.75) is 18.2 Å². The van der Waals surface area contributed by atoms with Crippen molar-refractivity contribution in [2.24, 2.45) is 0 Å². The smallest absolute Gasteiger partial charge is 0.449 e. The number of carboxylic acid groups (broad SMARTS) is 1. The summed E-state index contributed by atoms with van der Waals surface area (Å²) in [6, 6.07) is 12.3. The Labute approximate surface area is 155 Å². The molecule has 7 nitrogen and oxygen atoms in total. The number of halogens is 1. The van der Waals surface area contributed by atoms with E-state index in [1.54, 1.807) is 13.0 Å². The molecule has 2 aromatic rings. The van der Waals surface area contributed by atoms with Crippen LogP contribution in [0.4, 0.5) is 4.79 Å². The van der Waals surface area contributed by atoms with E-state index >= 15 is 0 Å². The van der Waals surface area contributed by atoms with E-state index in [0.717, 1.165) is 5.56 Å². The molecule has 2 rings (SSSR count). The standard InChI is InChI=1S/C17H19ClO7S/c1-12-14(11-13-7-5-4-6-8-13)16(10-9-15(12)24-17(19)20)26(2,3)25-18(21,22)23/h4-10H,11H2,1-3H3,(H,19,20). The Morgan fingerprint density at radius 1 is 1.12 bits per heavy atom. The molecule has 0 radical (unpaired) electrons. The van der Waals surface area contributed by atoms with Crippen molar-refractivity contribution in [3.8, 4) is 5.75 Å². The molecule has 26 heavy (non-hydrogen) atoms. The van der Waals surface area contributed by atoms with Gasteiger partial charge in [-0.3, -0.25) is 0 Å². The van der Waals surface area contributed by atoms with Gasteiger partial charge in [0.05, 0.1) is 10.2 Å². The highest BCUT2D eigenvalue weighted by Gasteiger charge is 2.36. The highest BCUT2D eigenvalue weighted by molar-refractivity contribution is 8.28. The van der Waals surface area contributed by atoms with E-state index in [4.69, 9.17) is 13.6 Å². The van der Waals surface area contributed by atoms with Crippen molar-refractivity contribution in [1.82, 2.24) is 0 Å². The molecular formula is C17H19ClO7S. The van der Waals surface area contributed by atoms with Crippen LogP contribution in [-0.4, -0.2) is 23.8 Å². The van der Waals surface area contributed by atoms with Gasteiger partial charge in [0.15, 0.2) is 0 Å². The lowest BCUT2D eigenvalue weighted by Gasteiger charge is -2.29. The molecule has 0 fully saturated rings. The Morgan fingerprint density at radius 2 is 1.73 bits per heavy atom. The summed E-state index contributed by atoms with van der Waals surface area (Å²) in [6.45, 7) is 1.68.